The molecule has 15 heavy (non-hydrogen) atoms. The minimum Gasteiger partial charge on any atom is -0.144 e. The smallest absolute Gasteiger partial charge is 0.0269 e. The van der Waals surface area contributed by atoms with Crippen LogP contribution in [0.1, 0.15) is 44.4 Å². The van der Waals surface area contributed by atoms with Crippen LogP contribution in [0.2, 0.25) is 0 Å². The third-order valence-corrected chi connectivity index (χ3v) is 4.32. The van der Waals surface area contributed by atoms with Gasteiger partial charge in [0.15, 0.2) is 0 Å². The molecule has 0 nitrogen and oxygen atoms in total. The first-order valence-corrected chi connectivity index (χ1v) is 6.86. The fourth-order valence-electron chi connectivity index (χ4n) is 2.40. The van der Waals surface area contributed by atoms with Gasteiger partial charge in [-0.15, -0.1) is 11.3 Å². The van der Waals surface area contributed by atoms with Gasteiger partial charge in [-0.1, -0.05) is 25.5 Å². The van der Waals surface area contributed by atoms with Crippen LogP contribution in [0.25, 0.3) is 6.08 Å². The molecule has 0 unspecified atom stereocenters. The quantitative estimate of drug-likeness (QED) is 0.659. The van der Waals surface area contributed by atoms with Crippen molar-refractivity contribution in [1.29, 1.82) is 0 Å². The molecule has 0 bridgehead atoms. The van der Waals surface area contributed by atoms with Crippen molar-refractivity contribution in [1.82, 2.24) is 0 Å². The van der Waals surface area contributed by atoms with Crippen LogP contribution in [0.3, 0.4) is 0 Å². The third-order valence-electron chi connectivity index (χ3n) is 3.50. The molecular weight excluding hydrogens is 200 g/mol. The summed E-state index contributed by atoms with van der Waals surface area (Å²) in [6, 6.07) is 4.35. The van der Waals surface area contributed by atoms with E-state index in [1.165, 1.54) is 30.6 Å². The van der Waals surface area contributed by atoms with Gasteiger partial charge in [-0.05, 0) is 55.0 Å². The van der Waals surface area contributed by atoms with Gasteiger partial charge in [-0.3, -0.25) is 0 Å². The Bertz CT molecular complexity index is 309. The van der Waals surface area contributed by atoms with Gasteiger partial charge in [0.2, 0.25) is 0 Å². The molecule has 82 valence electrons. The van der Waals surface area contributed by atoms with Crippen LogP contribution in [0, 0.1) is 11.8 Å². The van der Waals surface area contributed by atoms with Gasteiger partial charge in [0, 0.05) is 4.88 Å². The number of rotatable bonds is 2. The molecular formula is C14H20S. The van der Waals surface area contributed by atoms with Crippen molar-refractivity contribution < 1.29 is 0 Å². The first-order chi connectivity index (χ1) is 7.25. The van der Waals surface area contributed by atoms with Gasteiger partial charge in [0.25, 0.3) is 0 Å². The molecule has 0 saturated heterocycles. The second kappa shape index (κ2) is 4.98. The van der Waals surface area contributed by atoms with Crippen molar-refractivity contribution in [2.75, 3.05) is 0 Å². The minimum atomic E-state index is 0.869. The molecule has 1 aliphatic carbocycles. The van der Waals surface area contributed by atoms with E-state index >= 15 is 0 Å². The predicted molar refractivity (Wildman–Crippen MR) is 69.1 cm³/mol. The Balaban J connectivity index is 1.93. The van der Waals surface area contributed by atoms with Gasteiger partial charge in [-0.25, -0.2) is 0 Å². The summed E-state index contributed by atoms with van der Waals surface area (Å²) in [4.78, 5) is 1.42. The molecule has 0 amide bonds. The highest BCUT2D eigenvalue weighted by molar-refractivity contribution is 7.10. The van der Waals surface area contributed by atoms with Crippen LogP contribution >= 0.6 is 11.3 Å². The summed E-state index contributed by atoms with van der Waals surface area (Å²) in [7, 11) is 0. The Morgan fingerprint density at radius 1 is 1.33 bits per heavy atom. The second-order valence-corrected chi connectivity index (χ2v) is 5.88. The van der Waals surface area contributed by atoms with Crippen LogP contribution in [0.5, 0.6) is 0 Å². The summed E-state index contributed by atoms with van der Waals surface area (Å²) < 4.78 is 0. The normalized spacial score (nSPS) is 22.1. The maximum absolute atomic E-state index is 2.40. The molecule has 1 aliphatic rings. The summed E-state index contributed by atoms with van der Waals surface area (Å²) in [5.74, 6) is 1.83. The average molecular weight is 220 g/mol. The maximum atomic E-state index is 2.40. The molecule has 1 heteroatoms. The molecule has 0 aromatic carbocycles. The zero-order valence-electron chi connectivity index (χ0n) is 9.70. The van der Waals surface area contributed by atoms with E-state index in [-0.39, 0.29) is 0 Å². The van der Waals surface area contributed by atoms with Gasteiger partial charge >= 0.3 is 0 Å². The molecule has 2 rings (SSSR count). The largest absolute Gasteiger partial charge is 0.144 e. The molecule has 0 aliphatic heterocycles. The lowest BCUT2D eigenvalue weighted by Crippen LogP contribution is -2.13. The van der Waals surface area contributed by atoms with Crippen LogP contribution in [0.15, 0.2) is 23.1 Å². The predicted octanol–water partition coefficient (Wildman–Crippen LogP) is 4.98. The van der Waals surface area contributed by atoms with E-state index < -0.39 is 0 Å². The SMILES string of the molecule is CC(C)C1CCC(=Cc2cccs2)CC1. The van der Waals surface area contributed by atoms with E-state index in [0.717, 1.165) is 11.8 Å². The summed E-state index contributed by atoms with van der Waals surface area (Å²) >= 11 is 1.85. The van der Waals surface area contributed by atoms with Crippen molar-refractivity contribution in [3.05, 3.63) is 28.0 Å². The second-order valence-electron chi connectivity index (χ2n) is 4.90. The lowest BCUT2D eigenvalue weighted by molar-refractivity contribution is 0.312. The fraction of sp³-hybridized carbons (Fsp3) is 0.571. The maximum Gasteiger partial charge on any atom is 0.0269 e. The van der Waals surface area contributed by atoms with E-state index in [1.807, 2.05) is 11.3 Å². The number of allylic oxidation sites excluding steroid dienone is 1. The first kappa shape index (κ1) is 10.9. The van der Waals surface area contributed by atoms with E-state index in [4.69, 9.17) is 0 Å². The van der Waals surface area contributed by atoms with Gasteiger partial charge in [0.05, 0.1) is 0 Å². The lowest BCUT2D eigenvalue weighted by Gasteiger charge is -2.26. The molecule has 0 N–H and O–H groups in total. The van der Waals surface area contributed by atoms with Gasteiger partial charge < -0.3 is 0 Å². The fourth-order valence-corrected chi connectivity index (χ4v) is 3.10. The monoisotopic (exact) mass is 220 g/mol. The molecule has 1 heterocycles. The van der Waals surface area contributed by atoms with Crippen molar-refractivity contribution in [3.8, 4) is 0 Å². The van der Waals surface area contributed by atoms with Gasteiger partial charge in [-0.2, -0.15) is 0 Å². The number of thiophene rings is 1. The molecule has 0 radical (unpaired) electrons. The zero-order valence-corrected chi connectivity index (χ0v) is 10.5. The van der Waals surface area contributed by atoms with Crippen LogP contribution in [-0.2, 0) is 0 Å². The van der Waals surface area contributed by atoms with Crippen molar-refractivity contribution in [2.24, 2.45) is 11.8 Å². The first-order valence-electron chi connectivity index (χ1n) is 5.98. The average Bonchev–Trinajstić information content (AvgIpc) is 2.71. The Kier molecular flexibility index (Phi) is 3.63. The van der Waals surface area contributed by atoms with E-state index in [1.54, 1.807) is 5.57 Å². The molecule has 0 atom stereocenters. The Morgan fingerprint density at radius 2 is 2.07 bits per heavy atom. The summed E-state index contributed by atoms with van der Waals surface area (Å²) in [6.07, 6.45) is 7.84. The van der Waals surface area contributed by atoms with Gasteiger partial charge in [0.1, 0.15) is 0 Å². The Hall–Kier alpha value is -0.560. The van der Waals surface area contributed by atoms with E-state index in [2.05, 4.69) is 37.4 Å². The zero-order chi connectivity index (χ0) is 10.7. The standard InChI is InChI=1S/C14H20S/c1-11(2)13-7-5-12(6-8-13)10-14-4-3-9-15-14/h3-4,9-11,13H,5-8H2,1-2H3. The molecule has 1 saturated carbocycles. The van der Waals surface area contributed by atoms with Crippen molar-refractivity contribution in [3.63, 3.8) is 0 Å². The third kappa shape index (κ3) is 2.94. The van der Waals surface area contributed by atoms with Crippen LogP contribution in [0.4, 0.5) is 0 Å². The summed E-state index contributed by atoms with van der Waals surface area (Å²) in [5.41, 5.74) is 1.66. The number of hydrogen-bond donors (Lipinski definition) is 0. The molecule has 1 fully saturated rings. The highest BCUT2D eigenvalue weighted by atomic mass is 32.1. The van der Waals surface area contributed by atoms with Crippen LogP contribution < -0.4 is 0 Å². The highest BCUT2D eigenvalue weighted by Crippen LogP contribution is 2.34. The minimum absolute atomic E-state index is 0.869. The molecule has 0 spiro atoms. The molecule has 1 aromatic heterocycles. The van der Waals surface area contributed by atoms with Crippen molar-refractivity contribution in [2.45, 2.75) is 39.5 Å². The van der Waals surface area contributed by atoms with Crippen LogP contribution in [-0.4, -0.2) is 0 Å². The summed E-state index contributed by atoms with van der Waals surface area (Å²) in [5, 5.41) is 2.16. The van der Waals surface area contributed by atoms with Crippen molar-refractivity contribution >= 4 is 17.4 Å². The van der Waals surface area contributed by atoms with E-state index in [9.17, 15) is 0 Å². The van der Waals surface area contributed by atoms with E-state index in [0.29, 0.717) is 0 Å². The molecule has 1 aromatic rings. The topological polar surface area (TPSA) is 0 Å². The highest BCUT2D eigenvalue weighted by Gasteiger charge is 2.18. The summed E-state index contributed by atoms with van der Waals surface area (Å²) in [6.45, 7) is 4.72. The number of hydrogen-bond acceptors (Lipinski definition) is 1. The Morgan fingerprint density at radius 3 is 2.60 bits per heavy atom. The Labute approximate surface area is 97.0 Å². The lowest BCUT2D eigenvalue weighted by atomic mass is 9.79.